The smallest absolute Gasteiger partial charge is 0.347 e. The summed E-state index contributed by atoms with van der Waals surface area (Å²) < 4.78 is 11.6. The third-order valence-electron chi connectivity index (χ3n) is 5.82. The molecule has 1 N–H and O–H groups in total. The molecule has 0 aliphatic heterocycles. The first kappa shape index (κ1) is 27.1. The molecule has 192 valence electrons. The number of hydrogen-bond acceptors (Lipinski definition) is 5. The predicted molar refractivity (Wildman–Crippen MR) is 138 cm³/mol. The highest BCUT2D eigenvalue weighted by atomic mass is 35.5. The first-order chi connectivity index (χ1) is 16.8. The minimum Gasteiger partial charge on any atom is -0.478 e. The number of amides is 2. The Morgan fingerprint density at radius 1 is 1.06 bits per heavy atom. The molecule has 9 heteroatoms. The Bertz CT molecular complexity index is 1260. The van der Waals surface area contributed by atoms with Crippen molar-refractivity contribution >= 4 is 23.6 Å². The van der Waals surface area contributed by atoms with Crippen LogP contribution in [0.4, 0.5) is 4.79 Å². The van der Waals surface area contributed by atoms with Crippen molar-refractivity contribution in [3.63, 3.8) is 0 Å². The molecule has 0 fully saturated rings. The van der Waals surface area contributed by atoms with Crippen LogP contribution in [0.5, 0.6) is 5.75 Å². The number of nitrogens with zero attached hydrogens (tertiary/aromatic N) is 3. The Kier molecular flexibility index (Phi) is 7.99. The van der Waals surface area contributed by atoms with E-state index in [1.54, 1.807) is 36.0 Å². The quantitative estimate of drug-likeness (QED) is 0.406. The zero-order valence-corrected chi connectivity index (χ0v) is 22.4. The second-order valence-electron chi connectivity index (χ2n) is 9.50. The van der Waals surface area contributed by atoms with Crippen LogP contribution in [0, 0.1) is 20.8 Å². The van der Waals surface area contributed by atoms with Crippen molar-refractivity contribution in [3.8, 4) is 17.2 Å². The summed E-state index contributed by atoms with van der Waals surface area (Å²) in [6.07, 6.45) is 0. The van der Waals surface area contributed by atoms with Gasteiger partial charge in [0.25, 0.3) is 0 Å². The first-order valence-corrected chi connectivity index (χ1v) is 11.9. The second-order valence-corrected chi connectivity index (χ2v) is 9.94. The Balaban J connectivity index is 1.69. The number of hydrogen-bond donors (Lipinski definition) is 1. The van der Waals surface area contributed by atoms with Gasteiger partial charge in [-0.15, -0.1) is 0 Å². The van der Waals surface area contributed by atoms with Gasteiger partial charge in [-0.3, -0.25) is 0 Å². The summed E-state index contributed by atoms with van der Waals surface area (Å²) in [7, 11) is 3.45. The summed E-state index contributed by atoms with van der Waals surface area (Å²) in [4.78, 5) is 32.3. The van der Waals surface area contributed by atoms with E-state index in [1.165, 1.54) is 13.8 Å². The lowest BCUT2D eigenvalue weighted by Gasteiger charge is -2.26. The van der Waals surface area contributed by atoms with Crippen LogP contribution in [0.2, 0.25) is 5.02 Å². The summed E-state index contributed by atoms with van der Waals surface area (Å²) >= 11 is 6.08. The second kappa shape index (κ2) is 10.6. The fourth-order valence-electron chi connectivity index (χ4n) is 3.84. The summed E-state index contributed by atoms with van der Waals surface area (Å²) in [6, 6.07) is 10.9. The van der Waals surface area contributed by atoms with Gasteiger partial charge in [-0.25, -0.2) is 14.6 Å². The number of rotatable bonds is 8. The van der Waals surface area contributed by atoms with Crippen LogP contribution in [0.1, 0.15) is 42.0 Å². The van der Waals surface area contributed by atoms with E-state index in [2.05, 4.69) is 4.98 Å². The maximum Gasteiger partial charge on any atom is 0.347 e. The Hall–Kier alpha value is -3.52. The van der Waals surface area contributed by atoms with Gasteiger partial charge < -0.3 is 24.1 Å². The lowest BCUT2D eigenvalue weighted by molar-refractivity contribution is -0.152. The van der Waals surface area contributed by atoms with Crippen molar-refractivity contribution in [1.82, 2.24) is 14.8 Å². The molecule has 0 aliphatic rings. The largest absolute Gasteiger partial charge is 0.478 e. The topological polar surface area (TPSA) is 96.1 Å². The van der Waals surface area contributed by atoms with E-state index in [1.807, 2.05) is 45.0 Å². The van der Waals surface area contributed by atoms with Crippen molar-refractivity contribution in [2.75, 3.05) is 14.1 Å². The molecular weight excluding hydrogens is 482 g/mol. The monoisotopic (exact) mass is 513 g/mol. The van der Waals surface area contributed by atoms with E-state index in [0.717, 1.165) is 22.3 Å². The molecule has 0 saturated carbocycles. The van der Waals surface area contributed by atoms with Gasteiger partial charge in [-0.1, -0.05) is 29.8 Å². The summed E-state index contributed by atoms with van der Waals surface area (Å²) in [5, 5.41) is 9.97. The SMILES string of the molecule is Cc1cc(CN(C)C(=O)N(C)Cc2nc(-c3cccc(Cl)c3)oc2C)cc(C)c1OC(C)(C)C(=O)O. The maximum absolute atomic E-state index is 13.1. The molecule has 0 unspecified atom stereocenters. The molecule has 3 aromatic rings. The van der Waals surface area contributed by atoms with Gasteiger partial charge >= 0.3 is 12.0 Å². The molecule has 2 aromatic carbocycles. The number of halogens is 1. The molecule has 3 rings (SSSR count). The highest BCUT2D eigenvalue weighted by Gasteiger charge is 2.30. The minimum atomic E-state index is -1.35. The average molecular weight is 514 g/mol. The fraction of sp³-hybridized carbons (Fsp3) is 0.370. The van der Waals surface area contributed by atoms with Crippen molar-refractivity contribution in [2.24, 2.45) is 0 Å². The number of carboxylic acids is 1. The molecule has 8 nitrogen and oxygen atoms in total. The molecule has 1 aromatic heterocycles. The number of aliphatic carboxylic acids is 1. The van der Waals surface area contributed by atoms with Gasteiger partial charge in [0.15, 0.2) is 5.60 Å². The van der Waals surface area contributed by atoms with Crippen molar-refractivity contribution in [3.05, 3.63) is 69.6 Å². The zero-order valence-electron chi connectivity index (χ0n) is 21.7. The van der Waals surface area contributed by atoms with Crippen LogP contribution in [-0.4, -0.2) is 51.6 Å². The molecular formula is C27H32ClN3O5. The highest BCUT2D eigenvalue weighted by molar-refractivity contribution is 6.30. The number of carboxylic acid groups (broad SMARTS) is 1. The summed E-state index contributed by atoms with van der Waals surface area (Å²) in [5.74, 6) is 0.590. The Morgan fingerprint density at radius 3 is 2.25 bits per heavy atom. The van der Waals surface area contributed by atoms with E-state index in [0.29, 0.717) is 34.7 Å². The van der Waals surface area contributed by atoms with Crippen molar-refractivity contribution < 1.29 is 23.8 Å². The van der Waals surface area contributed by atoms with Crippen LogP contribution < -0.4 is 4.74 Å². The molecule has 36 heavy (non-hydrogen) atoms. The van der Waals surface area contributed by atoms with Crippen LogP contribution in [0.25, 0.3) is 11.5 Å². The predicted octanol–water partition coefficient (Wildman–Crippen LogP) is 5.85. The fourth-order valence-corrected chi connectivity index (χ4v) is 4.03. The van der Waals surface area contributed by atoms with Crippen LogP contribution >= 0.6 is 11.6 Å². The molecule has 0 atom stereocenters. The van der Waals surface area contributed by atoms with E-state index in [-0.39, 0.29) is 12.6 Å². The molecule has 0 saturated heterocycles. The van der Waals surface area contributed by atoms with Gasteiger partial charge in [0, 0.05) is 31.2 Å². The molecule has 0 bridgehead atoms. The van der Waals surface area contributed by atoms with Gasteiger partial charge in [-0.2, -0.15) is 0 Å². The van der Waals surface area contributed by atoms with Gasteiger partial charge in [0.2, 0.25) is 5.89 Å². The highest BCUT2D eigenvalue weighted by Crippen LogP contribution is 2.29. The summed E-state index contributed by atoms with van der Waals surface area (Å²) in [6.45, 7) is 9.23. The number of ether oxygens (including phenoxy) is 1. The van der Waals surface area contributed by atoms with E-state index < -0.39 is 11.6 Å². The average Bonchev–Trinajstić information content (AvgIpc) is 3.15. The third-order valence-corrected chi connectivity index (χ3v) is 6.05. The number of aromatic nitrogens is 1. The maximum atomic E-state index is 13.1. The molecule has 2 amide bonds. The number of carbonyl (C=O) groups is 2. The van der Waals surface area contributed by atoms with Gasteiger partial charge in [0.1, 0.15) is 17.2 Å². The van der Waals surface area contributed by atoms with Crippen molar-refractivity contribution in [2.45, 2.75) is 53.3 Å². The van der Waals surface area contributed by atoms with Crippen LogP contribution in [0.3, 0.4) is 0 Å². The third kappa shape index (κ3) is 6.18. The molecule has 1 heterocycles. The number of benzene rings is 2. The minimum absolute atomic E-state index is 0.177. The number of urea groups is 1. The summed E-state index contributed by atoms with van der Waals surface area (Å²) in [5.41, 5.74) is 2.62. The Morgan fingerprint density at radius 2 is 1.67 bits per heavy atom. The lowest BCUT2D eigenvalue weighted by atomic mass is 10.0. The van der Waals surface area contributed by atoms with Crippen LogP contribution in [-0.2, 0) is 17.9 Å². The standard InChI is InChI=1S/C27H32ClN3O5/c1-16-11-19(12-17(2)23(16)36-27(4,5)25(32)33)14-30(6)26(34)31(7)15-22-18(3)35-24(29-22)20-9-8-10-21(28)13-20/h8-13H,14-15H2,1-7H3,(H,32,33). The number of oxazole rings is 1. The number of carbonyl (C=O) groups excluding carboxylic acids is 1. The van der Waals surface area contributed by atoms with Gasteiger partial charge in [0.05, 0.1) is 6.54 Å². The molecule has 0 spiro atoms. The molecule has 0 radical (unpaired) electrons. The van der Waals surface area contributed by atoms with Gasteiger partial charge in [-0.05, 0) is 69.5 Å². The first-order valence-electron chi connectivity index (χ1n) is 11.5. The van der Waals surface area contributed by atoms with Crippen molar-refractivity contribution in [1.29, 1.82) is 0 Å². The van der Waals surface area contributed by atoms with E-state index >= 15 is 0 Å². The van der Waals surface area contributed by atoms with Crippen LogP contribution in [0.15, 0.2) is 40.8 Å². The normalized spacial score (nSPS) is 11.3. The Labute approximate surface area is 216 Å². The lowest BCUT2D eigenvalue weighted by Crippen LogP contribution is -2.38. The number of aryl methyl sites for hydroxylation is 3. The zero-order chi connectivity index (χ0) is 26.8. The van der Waals surface area contributed by atoms with E-state index in [9.17, 15) is 14.7 Å². The molecule has 0 aliphatic carbocycles. The van der Waals surface area contributed by atoms with E-state index in [4.69, 9.17) is 20.8 Å².